The monoisotopic (exact) mass is 271 g/mol. The molecular weight excluding hydrogens is 250 g/mol. The van der Waals surface area contributed by atoms with Gasteiger partial charge >= 0.3 is 0 Å². The number of furan rings is 1. The lowest BCUT2D eigenvalue weighted by Gasteiger charge is -2.17. The minimum Gasteiger partial charge on any atom is -0.466 e. The quantitative estimate of drug-likeness (QED) is 0.916. The molecule has 0 radical (unpaired) electrons. The first-order chi connectivity index (χ1) is 9.38. The fourth-order valence-electron chi connectivity index (χ4n) is 2.52. The Kier molecular flexibility index (Phi) is 3.98. The lowest BCUT2D eigenvalue weighted by Crippen LogP contribution is -2.27. The highest BCUT2D eigenvalue weighted by Crippen LogP contribution is 2.20. The van der Waals surface area contributed by atoms with Gasteiger partial charge < -0.3 is 9.73 Å². The van der Waals surface area contributed by atoms with Gasteiger partial charge in [0.05, 0.1) is 11.6 Å². The van der Waals surface area contributed by atoms with Crippen molar-refractivity contribution in [1.82, 2.24) is 5.32 Å². The number of rotatable bonds is 3. The van der Waals surface area contributed by atoms with Crippen molar-refractivity contribution in [3.63, 3.8) is 0 Å². The summed E-state index contributed by atoms with van der Waals surface area (Å²) in [6, 6.07) is 8.02. The Morgan fingerprint density at radius 3 is 2.40 bits per heavy atom. The van der Waals surface area contributed by atoms with Crippen LogP contribution in [0.4, 0.5) is 0 Å². The molecule has 106 valence electrons. The van der Waals surface area contributed by atoms with E-state index in [1.54, 1.807) is 6.07 Å². The van der Waals surface area contributed by atoms with Crippen LogP contribution >= 0.6 is 0 Å². The molecule has 1 atom stereocenters. The molecular formula is C17H21NO2. The SMILES string of the molecule is Cc1ccc([C@@H](C)NC(=O)c2cc(C)oc2C)c(C)c1. The standard InChI is InChI=1S/C17H21NO2/c1-10-6-7-15(11(2)8-10)13(4)18-17(19)16-9-12(3)20-14(16)5/h6-9,13H,1-5H3,(H,18,19)/t13-/m1/s1. The van der Waals surface area contributed by atoms with Gasteiger partial charge in [-0.15, -0.1) is 0 Å². The zero-order valence-electron chi connectivity index (χ0n) is 12.7. The van der Waals surface area contributed by atoms with Gasteiger partial charge in [-0.2, -0.15) is 0 Å². The van der Waals surface area contributed by atoms with E-state index in [1.165, 1.54) is 11.1 Å². The summed E-state index contributed by atoms with van der Waals surface area (Å²) >= 11 is 0. The van der Waals surface area contributed by atoms with Crippen LogP contribution in [0, 0.1) is 27.7 Å². The van der Waals surface area contributed by atoms with Gasteiger partial charge in [0.25, 0.3) is 5.91 Å². The maximum atomic E-state index is 12.3. The van der Waals surface area contributed by atoms with Crippen molar-refractivity contribution in [1.29, 1.82) is 0 Å². The second-order valence-corrected chi connectivity index (χ2v) is 5.38. The Hall–Kier alpha value is -2.03. The number of nitrogens with one attached hydrogen (secondary N) is 1. The molecule has 1 amide bonds. The van der Waals surface area contributed by atoms with Crippen molar-refractivity contribution in [2.24, 2.45) is 0 Å². The molecule has 0 unspecified atom stereocenters. The molecule has 0 aliphatic carbocycles. The Morgan fingerprint density at radius 2 is 1.85 bits per heavy atom. The molecule has 0 fully saturated rings. The summed E-state index contributed by atoms with van der Waals surface area (Å²) in [5.74, 6) is 1.33. The van der Waals surface area contributed by atoms with Gasteiger partial charge in [-0.3, -0.25) is 4.79 Å². The van der Waals surface area contributed by atoms with Crippen LogP contribution in [0.3, 0.4) is 0 Å². The molecule has 0 bridgehead atoms. The third kappa shape index (κ3) is 2.93. The second kappa shape index (κ2) is 5.53. The molecule has 0 saturated heterocycles. The molecule has 0 saturated carbocycles. The van der Waals surface area contributed by atoms with E-state index < -0.39 is 0 Å². The van der Waals surface area contributed by atoms with Crippen LogP contribution in [0.15, 0.2) is 28.7 Å². The van der Waals surface area contributed by atoms with Crippen LogP contribution in [-0.4, -0.2) is 5.91 Å². The minimum atomic E-state index is -0.0909. The molecule has 0 aliphatic heterocycles. The van der Waals surface area contributed by atoms with E-state index in [9.17, 15) is 4.79 Å². The summed E-state index contributed by atoms with van der Waals surface area (Å²) in [7, 11) is 0. The first kappa shape index (κ1) is 14.4. The zero-order chi connectivity index (χ0) is 14.9. The van der Waals surface area contributed by atoms with Crippen LogP contribution in [0.25, 0.3) is 0 Å². The number of aryl methyl sites for hydroxylation is 4. The zero-order valence-corrected chi connectivity index (χ0v) is 12.7. The lowest BCUT2D eigenvalue weighted by atomic mass is 10.00. The van der Waals surface area contributed by atoms with Gasteiger partial charge in [-0.05, 0) is 51.8 Å². The van der Waals surface area contributed by atoms with E-state index in [4.69, 9.17) is 4.42 Å². The van der Waals surface area contributed by atoms with Crippen LogP contribution in [-0.2, 0) is 0 Å². The second-order valence-electron chi connectivity index (χ2n) is 5.38. The summed E-state index contributed by atoms with van der Waals surface area (Å²) in [6.07, 6.45) is 0. The van der Waals surface area contributed by atoms with Crippen LogP contribution < -0.4 is 5.32 Å². The predicted molar refractivity (Wildman–Crippen MR) is 80.0 cm³/mol. The van der Waals surface area contributed by atoms with Gasteiger partial charge in [-0.1, -0.05) is 23.8 Å². The van der Waals surface area contributed by atoms with Gasteiger partial charge in [-0.25, -0.2) is 0 Å². The fraction of sp³-hybridized carbons (Fsp3) is 0.353. The van der Waals surface area contributed by atoms with Gasteiger partial charge in [0.15, 0.2) is 0 Å². The lowest BCUT2D eigenvalue weighted by molar-refractivity contribution is 0.0938. The van der Waals surface area contributed by atoms with Crippen molar-refractivity contribution in [3.8, 4) is 0 Å². The molecule has 1 N–H and O–H groups in total. The van der Waals surface area contributed by atoms with E-state index in [0.29, 0.717) is 11.3 Å². The largest absolute Gasteiger partial charge is 0.466 e. The van der Waals surface area contributed by atoms with E-state index in [1.807, 2.05) is 20.8 Å². The Balaban J connectivity index is 2.17. The highest BCUT2D eigenvalue weighted by molar-refractivity contribution is 5.95. The first-order valence-electron chi connectivity index (χ1n) is 6.83. The molecule has 3 nitrogen and oxygen atoms in total. The van der Waals surface area contributed by atoms with E-state index in [-0.39, 0.29) is 11.9 Å². The van der Waals surface area contributed by atoms with Gasteiger partial charge in [0.2, 0.25) is 0 Å². The van der Waals surface area contributed by atoms with Crippen LogP contribution in [0.5, 0.6) is 0 Å². The normalized spacial score (nSPS) is 12.2. The summed E-state index contributed by atoms with van der Waals surface area (Å²) < 4.78 is 5.40. The third-order valence-corrected chi connectivity index (χ3v) is 3.53. The summed E-state index contributed by atoms with van der Waals surface area (Å²) in [6.45, 7) is 9.79. The smallest absolute Gasteiger partial charge is 0.255 e. The average Bonchev–Trinajstić information content (AvgIpc) is 2.68. The predicted octanol–water partition coefficient (Wildman–Crippen LogP) is 4.00. The maximum Gasteiger partial charge on any atom is 0.255 e. The summed E-state index contributed by atoms with van der Waals surface area (Å²) in [5, 5.41) is 3.03. The highest BCUT2D eigenvalue weighted by atomic mass is 16.3. The van der Waals surface area contributed by atoms with Crippen molar-refractivity contribution in [2.75, 3.05) is 0 Å². The van der Waals surface area contributed by atoms with Crippen LogP contribution in [0.2, 0.25) is 0 Å². The number of hydrogen-bond donors (Lipinski definition) is 1. The summed E-state index contributed by atoms with van der Waals surface area (Å²) in [5.41, 5.74) is 4.17. The number of benzene rings is 1. The molecule has 2 aromatic rings. The van der Waals surface area contributed by atoms with E-state index in [0.717, 1.165) is 11.3 Å². The minimum absolute atomic E-state index is 0.0299. The molecule has 0 spiro atoms. The average molecular weight is 271 g/mol. The van der Waals surface area contributed by atoms with Crippen molar-refractivity contribution in [2.45, 2.75) is 40.7 Å². The number of carbonyl (C=O) groups is 1. The molecule has 2 rings (SSSR count). The van der Waals surface area contributed by atoms with Crippen LogP contribution in [0.1, 0.15) is 51.5 Å². The topological polar surface area (TPSA) is 42.2 Å². The van der Waals surface area contributed by atoms with E-state index >= 15 is 0 Å². The first-order valence-corrected chi connectivity index (χ1v) is 6.83. The van der Waals surface area contributed by atoms with Gasteiger partial charge in [0, 0.05) is 0 Å². The Bertz CT molecular complexity index is 640. The van der Waals surface area contributed by atoms with Crippen molar-refractivity contribution in [3.05, 3.63) is 58.0 Å². The number of amides is 1. The molecule has 1 aromatic heterocycles. The van der Waals surface area contributed by atoms with Crippen molar-refractivity contribution >= 4 is 5.91 Å². The molecule has 3 heteroatoms. The molecule has 1 aromatic carbocycles. The molecule has 0 aliphatic rings. The summed E-state index contributed by atoms with van der Waals surface area (Å²) in [4.78, 5) is 12.3. The number of hydrogen-bond acceptors (Lipinski definition) is 2. The van der Waals surface area contributed by atoms with Gasteiger partial charge in [0.1, 0.15) is 11.5 Å². The fourth-order valence-corrected chi connectivity index (χ4v) is 2.52. The number of carbonyl (C=O) groups excluding carboxylic acids is 1. The Morgan fingerprint density at radius 1 is 1.15 bits per heavy atom. The highest BCUT2D eigenvalue weighted by Gasteiger charge is 2.17. The Labute approximate surface area is 120 Å². The maximum absolute atomic E-state index is 12.3. The van der Waals surface area contributed by atoms with Crippen molar-refractivity contribution < 1.29 is 9.21 Å². The molecule has 1 heterocycles. The molecule has 20 heavy (non-hydrogen) atoms. The third-order valence-electron chi connectivity index (χ3n) is 3.53. The van der Waals surface area contributed by atoms with E-state index in [2.05, 4.69) is 37.4 Å².